The number of carbonyl (C=O) groups is 1. The SMILES string of the molecule is CCOc1ccc(/C=C/C(=O)Nc2ccc(OC)c(OC)c2)cc1OC. The maximum absolute atomic E-state index is 12.1. The number of methoxy groups -OCH3 is 3. The molecule has 0 atom stereocenters. The van der Waals surface area contributed by atoms with Crippen molar-refractivity contribution >= 4 is 17.7 Å². The number of carbonyl (C=O) groups excluding carboxylic acids is 1. The molecule has 0 aliphatic heterocycles. The van der Waals surface area contributed by atoms with Gasteiger partial charge >= 0.3 is 0 Å². The highest BCUT2D eigenvalue weighted by Crippen LogP contribution is 2.30. The summed E-state index contributed by atoms with van der Waals surface area (Å²) in [4.78, 5) is 12.1. The van der Waals surface area contributed by atoms with Crippen LogP contribution in [0.1, 0.15) is 12.5 Å². The average Bonchev–Trinajstić information content (AvgIpc) is 2.67. The molecule has 2 aromatic carbocycles. The Bertz CT molecular complexity index is 786. The van der Waals surface area contributed by atoms with E-state index >= 15 is 0 Å². The molecule has 2 aromatic rings. The Balaban J connectivity index is 2.07. The first-order valence-corrected chi connectivity index (χ1v) is 8.13. The van der Waals surface area contributed by atoms with E-state index in [4.69, 9.17) is 18.9 Å². The van der Waals surface area contributed by atoms with Gasteiger partial charge in [0.1, 0.15) is 0 Å². The van der Waals surface area contributed by atoms with Crippen molar-refractivity contribution in [3.05, 3.63) is 48.0 Å². The van der Waals surface area contributed by atoms with Crippen LogP contribution in [0.3, 0.4) is 0 Å². The third-order valence-corrected chi connectivity index (χ3v) is 3.57. The monoisotopic (exact) mass is 357 g/mol. The van der Waals surface area contributed by atoms with Gasteiger partial charge in [0.2, 0.25) is 5.91 Å². The molecule has 0 spiro atoms. The smallest absolute Gasteiger partial charge is 0.248 e. The standard InChI is InChI=1S/C20H23NO5/c1-5-26-17-9-6-14(12-18(17)24-3)7-11-20(22)21-15-8-10-16(23-2)19(13-15)25-4/h6-13H,5H2,1-4H3,(H,21,22)/b11-7+. The van der Waals surface area contributed by atoms with Gasteiger partial charge in [0.05, 0.1) is 27.9 Å². The lowest BCUT2D eigenvalue weighted by molar-refractivity contribution is -0.111. The lowest BCUT2D eigenvalue weighted by Gasteiger charge is -2.10. The maximum atomic E-state index is 12.1. The second kappa shape index (κ2) is 9.36. The number of ether oxygens (including phenoxy) is 4. The maximum Gasteiger partial charge on any atom is 0.248 e. The van der Waals surface area contributed by atoms with Crippen molar-refractivity contribution in [2.75, 3.05) is 33.3 Å². The van der Waals surface area contributed by atoms with Crippen LogP contribution in [0.25, 0.3) is 6.08 Å². The second-order valence-corrected chi connectivity index (χ2v) is 5.24. The molecular formula is C20H23NO5. The first kappa shape index (κ1) is 19.2. The lowest BCUT2D eigenvalue weighted by Crippen LogP contribution is -2.08. The van der Waals surface area contributed by atoms with Crippen LogP contribution in [0.5, 0.6) is 23.0 Å². The molecule has 6 heteroatoms. The van der Waals surface area contributed by atoms with Crippen LogP contribution in [-0.4, -0.2) is 33.8 Å². The van der Waals surface area contributed by atoms with Gasteiger partial charge in [0, 0.05) is 17.8 Å². The zero-order valence-corrected chi connectivity index (χ0v) is 15.4. The Morgan fingerprint density at radius 2 is 1.58 bits per heavy atom. The Labute approximate surface area is 153 Å². The summed E-state index contributed by atoms with van der Waals surface area (Å²) < 4.78 is 21.2. The van der Waals surface area contributed by atoms with Gasteiger partial charge in [-0.3, -0.25) is 4.79 Å². The Kier molecular flexibility index (Phi) is 6.91. The normalized spacial score (nSPS) is 10.5. The summed E-state index contributed by atoms with van der Waals surface area (Å²) in [7, 11) is 4.68. The van der Waals surface area contributed by atoms with Crippen LogP contribution in [0.15, 0.2) is 42.5 Å². The van der Waals surface area contributed by atoms with Crippen LogP contribution in [0.4, 0.5) is 5.69 Å². The van der Waals surface area contributed by atoms with Crippen LogP contribution in [0.2, 0.25) is 0 Å². The lowest BCUT2D eigenvalue weighted by atomic mass is 10.2. The van der Waals surface area contributed by atoms with Crippen LogP contribution in [-0.2, 0) is 4.79 Å². The molecule has 6 nitrogen and oxygen atoms in total. The van der Waals surface area contributed by atoms with Crippen LogP contribution >= 0.6 is 0 Å². The van der Waals surface area contributed by atoms with Crippen molar-refractivity contribution < 1.29 is 23.7 Å². The number of anilines is 1. The van der Waals surface area contributed by atoms with Gasteiger partial charge in [0.25, 0.3) is 0 Å². The second-order valence-electron chi connectivity index (χ2n) is 5.24. The van der Waals surface area contributed by atoms with Crippen molar-refractivity contribution in [2.24, 2.45) is 0 Å². The number of rotatable bonds is 8. The van der Waals surface area contributed by atoms with E-state index in [0.29, 0.717) is 35.3 Å². The van der Waals surface area contributed by atoms with Gasteiger partial charge in [-0.1, -0.05) is 6.07 Å². The molecule has 0 heterocycles. The zero-order valence-electron chi connectivity index (χ0n) is 15.4. The number of benzene rings is 2. The predicted molar refractivity (Wildman–Crippen MR) is 101 cm³/mol. The van der Waals surface area contributed by atoms with Crippen LogP contribution < -0.4 is 24.3 Å². The van der Waals surface area contributed by atoms with Crippen molar-refractivity contribution in [3.63, 3.8) is 0 Å². The molecule has 0 saturated heterocycles. The molecule has 0 aliphatic carbocycles. The molecule has 0 saturated carbocycles. The zero-order chi connectivity index (χ0) is 18.9. The number of hydrogen-bond donors (Lipinski definition) is 1. The third-order valence-electron chi connectivity index (χ3n) is 3.57. The first-order valence-electron chi connectivity index (χ1n) is 8.13. The predicted octanol–water partition coefficient (Wildman–Crippen LogP) is 3.76. The molecule has 0 unspecified atom stereocenters. The van der Waals surface area contributed by atoms with Crippen molar-refractivity contribution in [1.29, 1.82) is 0 Å². The molecule has 26 heavy (non-hydrogen) atoms. The van der Waals surface area contributed by atoms with Gasteiger partial charge < -0.3 is 24.3 Å². The van der Waals surface area contributed by atoms with E-state index in [1.54, 1.807) is 45.6 Å². The summed E-state index contributed by atoms with van der Waals surface area (Å²) in [6.07, 6.45) is 3.15. The molecule has 138 valence electrons. The fourth-order valence-electron chi connectivity index (χ4n) is 2.33. The molecular weight excluding hydrogens is 334 g/mol. The Morgan fingerprint density at radius 1 is 0.923 bits per heavy atom. The van der Waals surface area contributed by atoms with Crippen LogP contribution in [0, 0.1) is 0 Å². The summed E-state index contributed by atoms with van der Waals surface area (Å²) >= 11 is 0. The molecule has 2 rings (SSSR count). The molecule has 0 radical (unpaired) electrons. The minimum atomic E-state index is -0.259. The molecule has 0 aliphatic rings. The molecule has 1 N–H and O–H groups in total. The highest BCUT2D eigenvalue weighted by atomic mass is 16.5. The third kappa shape index (κ3) is 4.92. The molecule has 0 bridgehead atoms. The van der Waals surface area contributed by atoms with Gasteiger partial charge in [-0.15, -0.1) is 0 Å². The highest BCUT2D eigenvalue weighted by Gasteiger charge is 2.07. The summed E-state index contributed by atoms with van der Waals surface area (Å²) in [6.45, 7) is 2.46. The van der Waals surface area contributed by atoms with E-state index in [1.807, 2.05) is 25.1 Å². The number of nitrogens with one attached hydrogen (secondary N) is 1. The summed E-state index contributed by atoms with van der Waals surface area (Å²) in [5, 5.41) is 2.78. The van der Waals surface area contributed by atoms with Gasteiger partial charge in [-0.05, 0) is 42.8 Å². The van der Waals surface area contributed by atoms with E-state index in [1.165, 1.54) is 6.08 Å². The van der Waals surface area contributed by atoms with Gasteiger partial charge in [-0.25, -0.2) is 0 Å². The fourth-order valence-corrected chi connectivity index (χ4v) is 2.33. The number of hydrogen-bond acceptors (Lipinski definition) is 5. The van der Waals surface area contributed by atoms with Crippen molar-refractivity contribution in [2.45, 2.75) is 6.92 Å². The largest absolute Gasteiger partial charge is 0.493 e. The van der Waals surface area contributed by atoms with Crippen molar-refractivity contribution in [3.8, 4) is 23.0 Å². The topological polar surface area (TPSA) is 66.0 Å². The Hall–Kier alpha value is -3.15. The van der Waals surface area contributed by atoms with E-state index in [-0.39, 0.29) is 5.91 Å². The van der Waals surface area contributed by atoms with E-state index in [2.05, 4.69) is 5.32 Å². The Morgan fingerprint density at radius 3 is 2.23 bits per heavy atom. The first-order chi connectivity index (χ1) is 12.6. The van der Waals surface area contributed by atoms with E-state index < -0.39 is 0 Å². The van der Waals surface area contributed by atoms with E-state index in [9.17, 15) is 4.79 Å². The summed E-state index contributed by atoms with van der Waals surface area (Å²) in [5.74, 6) is 2.18. The van der Waals surface area contributed by atoms with Gasteiger partial charge in [-0.2, -0.15) is 0 Å². The molecule has 0 aromatic heterocycles. The summed E-state index contributed by atoms with van der Waals surface area (Å²) in [5.41, 5.74) is 1.44. The fraction of sp³-hybridized carbons (Fsp3) is 0.250. The minimum Gasteiger partial charge on any atom is -0.493 e. The average molecular weight is 357 g/mol. The minimum absolute atomic E-state index is 0.259. The van der Waals surface area contributed by atoms with Gasteiger partial charge in [0.15, 0.2) is 23.0 Å². The molecule has 0 fully saturated rings. The van der Waals surface area contributed by atoms with Crippen molar-refractivity contribution in [1.82, 2.24) is 0 Å². The summed E-state index contributed by atoms with van der Waals surface area (Å²) in [6, 6.07) is 10.7. The van der Waals surface area contributed by atoms with E-state index in [0.717, 1.165) is 5.56 Å². The number of amides is 1. The molecule has 1 amide bonds. The quantitative estimate of drug-likeness (QED) is 0.729. The highest BCUT2D eigenvalue weighted by molar-refractivity contribution is 6.02.